The van der Waals surface area contributed by atoms with E-state index in [0.717, 1.165) is 11.3 Å². The number of benzene rings is 1. The topological polar surface area (TPSA) is 96.7 Å². The van der Waals surface area contributed by atoms with Crippen molar-refractivity contribution in [1.29, 1.82) is 0 Å². The third-order valence-corrected chi connectivity index (χ3v) is 3.92. The molecule has 0 aliphatic rings. The van der Waals surface area contributed by atoms with Gasteiger partial charge in [0, 0.05) is 16.8 Å². The number of H-pyrrole nitrogens is 1. The van der Waals surface area contributed by atoms with Crippen LogP contribution in [0.4, 0.5) is 5.69 Å². The number of aromatic amines is 1. The smallest absolute Gasteiger partial charge is 0.229 e. The first-order chi connectivity index (χ1) is 11.4. The molecule has 1 amide bonds. The van der Waals surface area contributed by atoms with Crippen LogP contribution >= 0.6 is 11.6 Å². The summed E-state index contributed by atoms with van der Waals surface area (Å²) in [5.74, 6) is 1.71. The van der Waals surface area contributed by atoms with E-state index in [2.05, 4.69) is 25.7 Å². The molecule has 0 aliphatic heterocycles. The second-order valence-corrected chi connectivity index (χ2v) is 5.87. The van der Waals surface area contributed by atoms with E-state index in [1.165, 1.54) is 0 Å². The maximum atomic E-state index is 12.2. The highest BCUT2D eigenvalue weighted by Crippen LogP contribution is 2.28. The van der Waals surface area contributed by atoms with Crippen LogP contribution in [0.15, 0.2) is 22.7 Å². The quantitative estimate of drug-likeness (QED) is 0.756. The van der Waals surface area contributed by atoms with Crippen LogP contribution in [-0.2, 0) is 11.2 Å². The third-order valence-electron chi connectivity index (χ3n) is 3.61. The second-order valence-electron chi connectivity index (χ2n) is 5.47. The summed E-state index contributed by atoms with van der Waals surface area (Å²) in [6, 6.07) is 5.21. The Balaban J connectivity index is 1.74. The number of anilines is 1. The average molecular weight is 346 g/mol. The van der Waals surface area contributed by atoms with Gasteiger partial charge in [0.1, 0.15) is 11.6 Å². The Labute approximate surface area is 143 Å². The van der Waals surface area contributed by atoms with Gasteiger partial charge in [-0.15, -0.1) is 0 Å². The number of amides is 1. The minimum atomic E-state index is -0.165. The number of nitrogens with zero attached hydrogens (tertiary/aromatic N) is 3. The maximum Gasteiger partial charge on any atom is 0.229 e. The summed E-state index contributed by atoms with van der Waals surface area (Å²) < 4.78 is 5.06. The van der Waals surface area contributed by atoms with Crippen LogP contribution < -0.4 is 5.32 Å². The summed E-state index contributed by atoms with van der Waals surface area (Å²) in [6.45, 7) is 5.41. The highest BCUT2D eigenvalue weighted by atomic mass is 35.5. The first kappa shape index (κ1) is 16.2. The fourth-order valence-corrected chi connectivity index (χ4v) is 2.62. The van der Waals surface area contributed by atoms with Gasteiger partial charge in [-0.2, -0.15) is 5.10 Å². The number of hydrogen-bond acceptors (Lipinski definition) is 5. The van der Waals surface area contributed by atoms with E-state index in [0.29, 0.717) is 33.7 Å². The standard InChI is InChI=1S/C16H16ClN5O2/c1-8-13(9(2)24-22-8)7-15(23)19-11-4-5-12(14(17)6-11)16-18-10(3)20-21-16/h4-6H,7H2,1-3H3,(H,19,23)(H,18,20,21). The molecule has 0 saturated heterocycles. The summed E-state index contributed by atoms with van der Waals surface area (Å²) in [5.41, 5.74) is 2.82. The molecule has 0 fully saturated rings. The molecule has 0 unspecified atom stereocenters. The Morgan fingerprint density at radius 1 is 1.33 bits per heavy atom. The normalized spacial score (nSPS) is 10.8. The van der Waals surface area contributed by atoms with Crippen molar-refractivity contribution in [2.45, 2.75) is 27.2 Å². The fourth-order valence-electron chi connectivity index (χ4n) is 2.36. The lowest BCUT2D eigenvalue weighted by atomic mass is 10.1. The van der Waals surface area contributed by atoms with Crippen molar-refractivity contribution in [3.63, 3.8) is 0 Å². The van der Waals surface area contributed by atoms with Crippen molar-refractivity contribution in [3.8, 4) is 11.4 Å². The molecule has 0 aliphatic carbocycles. The number of halogens is 1. The van der Waals surface area contributed by atoms with Gasteiger partial charge < -0.3 is 9.84 Å². The molecule has 0 spiro atoms. The zero-order valence-corrected chi connectivity index (χ0v) is 14.2. The molecule has 2 heterocycles. The molecule has 24 heavy (non-hydrogen) atoms. The summed E-state index contributed by atoms with van der Waals surface area (Å²) >= 11 is 6.28. The molecule has 0 saturated carbocycles. The minimum absolute atomic E-state index is 0.165. The van der Waals surface area contributed by atoms with E-state index in [-0.39, 0.29) is 12.3 Å². The molecule has 0 atom stereocenters. The van der Waals surface area contributed by atoms with Crippen LogP contribution in [0.1, 0.15) is 22.8 Å². The highest BCUT2D eigenvalue weighted by Gasteiger charge is 2.15. The third kappa shape index (κ3) is 3.30. The summed E-state index contributed by atoms with van der Waals surface area (Å²) in [5, 5.41) is 14.0. The summed E-state index contributed by atoms with van der Waals surface area (Å²) in [4.78, 5) is 16.4. The first-order valence-corrected chi connectivity index (χ1v) is 7.72. The van der Waals surface area contributed by atoms with Gasteiger partial charge in [-0.3, -0.25) is 9.89 Å². The highest BCUT2D eigenvalue weighted by molar-refractivity contribution is 6.33. The summed E-state index contributed by atoms with van der Waals surface area (Å²) in [6.07, 6.45) is 0.195. The Hall–Kier alpha value is -2.67. The number of hydrogen-bond donors (Lipinski definition) is 2. The van der Waals surface area contributed by atoms with E-state index in [9.17, 15) is 4.79 Å². The largest absolute Gasteiger partial charge is 0.361 e. The van der Waals surface area contributed by atoms with E-state index in [4.69, 9.17) is 16.1 Å². The summed E-state index contributed by atoms with van der Waals surface area (Å²) in [7, 11) is 0. The van der Waals surface area contributed by atoms with E-state index >= 15 is 0 Å². The SMILES string of the molecule is Cc1nc(-c2ccc(NC(=O)Cc3c(C)noc3C)cc2Cl)n[nH]1. The zero-order chi connectivity index (χ0) is 17.3. The number of nitrogens with one attached hydrogen (secondary N) is 2. The van der Waals surface area contributed by atoms with Gasteiger partial charge >= 0.3 is 0 Å². The molecule has 2 N–H and O–H groups in total. The molecule has 8 heteroatoms. The lowest BCUT2D eigenvalue weighted by Crippen LogP contribution is -2.15. The fraction of sp³-hybridized carbons (Fsp3) is 0.250. The van der Waals surface area contributed by atoms with Gasteiger partial charge in [0.25, 0.3) is 0 Å². The molecule has 0 bridgehead atoms. The molecule has 7 nitrogen and oxygen atoms in total. The van der Waals surface area contributed by atoms with Crippen LogP contribution in [-0.4, -0.2) is 26.2 Å². The van der Waals surface area contributed by atoms with Gasteiger partial charge in [-0.25, -0.2) is 4.98 Å². The number of carbonyl (C=O) groups is 1. The van der Waals surface area contributed by atoms with Gasteiger partial charge in [0.15, 0.2) is 5.82 Å². The van der Waals surface area contributed by atoms with Gasteiger partial charge in [0.2, 0.25) is 5.91 Å². The Bertz CT molecular complexity index is 880. The number of rotatable bonds is 4. The van der Waals surface area contributed by atoms with Crippen LogP contribution in [0.3, 0.4) is 0 Å². The Morgan fingerprint density at radius 3 is 2.71 bits per heavy atom. The van der Waals surface area contributed by atoms with Crippen LogP contribution in [0.25, 0.3) is 11.4 Å². The molecule has 2 aromatic heterocycles. The van der Waals surface area contributed by atoms with Crippen LogP contribution in [0, 0.1) is 20.8 Å². The van der Waals surface area contributed by atoms with Crippen molar-refractivity contribution in [1.82, 2.24) is 20.3 Å². The van der Waals surface area contributed by atoms with Crippen molar-refractivity contribution >= 4 is 23.2 Å². The molecule has 1 aromatic carbocycles. The first-order valence-electron chi connectivity index (χ1n) is 7.34. The predicted molar refractivity (Wildman–Crippen MR) is 89.9 cm³/mol. The molecular formula is C16H16ClN5O2. The van der Waals surface area contributed by atoms with Crippen LogP contribution in [0.5, 0.6) is 0 Å². The number of aromatic nitrogens is 4. The van der Waals surface area contributed by atoms with E-state index in [1.54, 1.807) is 25.1 Å². The van der Waals surface area contributed by atoms with Crippen molar-refractivity contribution in [3.05, 3.63) is 46.1 Å². The molecule has 0 radical (unpaired) electrons. The average Bonchev–Trinajstić information content (AvgIpc) is 3.08. The maximum absolute atomic E-state index is 12.2. The zero-order valence-electron chi connectivity index (χ0n) is 13.5. The molecule has 3 rings (SSSR count). The lowest BCUT2D eigenvalue weighted by molar-refractivity contribution is -0.115. The van der Waals surface area contributed by atoms with Gasteiger partial charge in [-0.05, 0) is 39.0 Å². The van der Waals surface area contributed by atoms with Crippen LogP contribution in [0.2, 0.25) is 5.02 Å². The van der Waals surface area contributed by atoms with Gasteiger partial charge in [-0.1, -0.05) is 16.8 Å². The lowest BCUT2D eigenvalue weighted by Gasteiger charge is -2.07. The van der Waals surface area contributed by atoms with Crippen molar-refractivity contribution in [2.24, 2.45) is 0 Å². The number of aryl methyl sites for hydroxylation is 3. The molecular weight excluding hydrogens is 330 g/mol. The number of carbonyl (C=O) groups excluding carboxylic acids is 1. The Morgan fingerprint density at radius 2 is 2.12 bits per heavy atom. The van der Waals surface area contributed by atoms with Crippen molar-refractivity contribution < 1.29 is 9.32 Å². The monoisotopic (exact) mass is 345 g/mol. The van der Waals surface area contributed by atoms with E-state index in [1.807, 2.05) is 13.8 Å². The molecule has 124 valence electrons. The molecule has 3 aromatic rings. The Kier molecular flexibility index (Phi) is 4.35. The minimum Gasteiger partial charge on any atom is -0.361 e. The van der Waals surface area contributed by atoms with Crippen molar-refractivity contribution in [2.75, 3.05) is 5.32 Å². The van der Waals surface area contributed by atoms with E-state index < -0.39 is 0 Å². The second kappa shape index (κ2) is 6.45. The van der Waals surface area contributed by atoms with Gasteiger partial charge in [0.05, 0.1) is 17.1 Å². The predicted octanol–water partition coefficient (Wildman–Crippen LogP) is 3.22.